The van der Waals surface area contributed by atoms with Gasteiger partial charge in [-0.25, -0.2) is 8.42 Å². The van der Waals surface area contributed by atoms with Gasteiger partial charge in [0.2, 0.25) is 5.91 Å². The molecule has 1 atom stereocenters. The van der Waals surface area contributed by atoms with Gasteiger partial charge in [0.05, 0.1) is 17.2 Å². The van der Waals surface area contributed by atoms with Crippen LogP contribution in [0, 0.1) is 5.92 Å². The van der Waals surface area contributed by atoms with Crippen molar-refractivity contribution in [1.29, 1.82) is 0 Å². The van der Waals surface area contributed by atoms with Crippen LogP contribution in [-0.2, 0) is 21.2 Å². The summed E-state index contributed by atoms with van der Waals surface area (Å²) in [6.07, 6.45) is 2.39. The van der Waals surface area contributed by atoms with Crippen molar-refractivity contribution in [2.24, 2.45) is 5.92 Å². The molecule has 23 heavy (non-hydrogen) atoms. The van der Waals surface area contributed by atoms with E-state index < -0.39 is 9.84 Å². The smallest absolute Gasteiger partial charge is 0.241 e. The summed E-state index contributed by atoms with van der Waals surface area (Å²) in [6, 6.07) is 11.6. The minimum Gasteiger partial charge on any atom is -0.354 e. The number of benzene rings is 1. The average Bonchev–Trinajstić information content (AvgIpc) is 3.12. The maximum atomic E-state index is 12.0. The van der Waals surface area contributed by atoms with E-state index in [4.69, 9.17) is 0 Å². The van der Waals surface area contributed by atoms with Crippen LogP contribution in [0.1, 0.15) is 6.42 Å². The van der Waals surface area contributed by atoms with Crippen molar-refractivity contribution in [1.82, 2.24) is 15.1 Å². The van der Waals surface area contributed by atoms with E-state index in [1.165, 1.54) is 0 Å². The molecule has 1 aliphatic rings. The molecule has 0 aliphatic carbocycles. The fourth-order valence-electron chi connectivity index (χ4n) is 2.71. The van der Waals surface area contributed by atoms with E-state index in [0.717, 1.165) is 11.3 Å². The van der Waals surface area contributed by atoms with Gasteiger partial charge in [0, 0.05) is 18.3 Å². The van der Waals surface area contributed by atoms with Crippen molar-refractivity contribution in [3.05, 3.63) is 42.6 Å². The zero-order valence-electron chi connectivity index (χ0n) is 12.7. The summed E-state index contributed by atoms with van der Waals surface area (Å²) in [5.41, 5.74) is 1.82. The number of amides is 1. The van der Waals surface area contributed by atoms with Gasteiger partial charge >= 0.3 is 0 Å². The molecular formula is C16H19N3O3S. The standard InChI is InChI=1S/C16H19N3O3S/c20-16(17-10-13-7-9-23(21,22)12-13)11-19-8-6-15(18-19)14-4-2-1-3-5-14/h1-6,8,13H,7,9-12H2,(H,17,20)/t13-/m0/s1. The number of sulfone groups is 1. The lowest BCUT2D eigenvalue weighted by Crippen LogP contribution is -2.32. The maximum absolute atomic E-state index is 12.0. The van der Waals surface area contributed by atoms with Crippen LogP contribution in [0.25, 0.3) is 11.3 Å². The second-order valence-corrected chi connectivity index (χ2v) is 8.07. The Bertz CT molecular complexity index is 784. The SMILES string of the molecule is O=C(Cn1ccc(-c2ccccc2)n1)NC[C@@H]1CCS(=O)(=O)C1. The van der Waals surface area contributed by atoms with Crippen LogP contribution in [-0.4, -0.2) is 42.2 Å². The molecule has 3 rings (SSSR count). The van der Waals surface area contributed by atoms with Gasteiger partial charge < -0.3 is 5.32 Å². The molecule has 0 bridgehead atoms. The van der Waals surface area contributed by atoms with Crippen LogP contribution in [0.4, 0.5) is 0 Å². The van der Waals surface area contributed by atoms with Crippen LogP contribution < -0.4 is 5.32 Å². The number of carbonyl (C=O) groups excluding carboxylic acids is 1. The van der Waals surface area contributed by atoms with Crippen LogP contribution in [0.15, 0.2) is 42.6 Å². The van der Waals surface area contributed by atoms with E-state index >= 15 is 0 Å². The lowest BCUT2D eigenvalue weighted by Gasteiger charge is -2.09. The van der Waals surface area contributed by atoms with Crippen molar-refractivity contribution in [2.45, 2.75) is 13.0 Å². The molecule has 2 heterocycles. The molecule has 1 amide bonds. The molecule has 6 nitrogen and oxygen atoms in total. The molecule has 1 N–H and O–H groups in total. The first-order valence-corrected chi connectivity index (χ1v) is 9.40. The molecule has 2 aromatic rings. The molecule has 1 aromatic carbocycles. The highest BCUT2D eigenvalue weighted by Crippen LogP contribution is 2.17. The average molecular weight is 333 g/mol. The molecule has 0 unspecified atom stereocenters. The van der Waals surface area contributed by atoms with E-state index in [-0.39, 0.29) is 29.9 Å². The highest BCUT2D eigenvalue weighted by Gasteiger charge is 2.27. The second-order valence-electron chi connectivity index (χ2n) is 5.84. The van der Waals surface area contributed by atoms with Gasteiger partial charge in [-0.1, -0.05) is 30.3 Å². The van der Waals surface area contributed by atoms with Crippen LogP contribution in [0.3, 0.4) is 0 Å². The van der Waals surface area contributed by atoms with Crippen molar-refractivity contribution < 1.29 is 13.2 Å². The third-order valence-electron chi connectivity index (χ3n) is 3.93. The number of rotatable bonds is 5. The van der Waals surface area contributed by atoms with Crippen LogP contribution in [0.5, 0.6) is 0 Å². The second kappa shape index (κ2) is 6.54. The Balaban J connectivity index is 1.52. The highest BCUT2D eigenvalue weighted by atomic mass is 32.2. The summed E-state index contributed by atoms with van der Waals surface area (Å²) in [5.74, 6) is 0.277. The van der Waals surface area contributed by atoms with E-state index in [9.17, 15) is 13.2 Å². The van der Waals surface area contributed by atoms with Crippen molar-refractivity contribution >= 4 is 15.7 Å². The van der Waals surface area contributed by atoms with Crippen molar-refractivity contribution in [3.8, 4) is 11.3 Å². The zero-order valence-corrected chi connectivity index (χ0v) is 13.5. The Morgan fingerprint density at radius 1 is 1.26 bits per heavy atom. The van der Waals surface area contributed by atoms with Gasteiger partial charge in [-0.3, -0.25) is 9.48 Å². The van der Waals surface area contributed by atoms with Crippen LogP contribution >= 0.6 is 0 Å². The lowest BCUT2D eigenvalue weighted by molar-refractivity contribution is -0.122. The largest absolute Gasteiger partial charge is 0.354 e. The van der Waals surface area contributed by atoms with Gasteiger partial charge in [0.25, 0.3) is 0 Å². The Morgan fingerprint density at radius 2 is 2.04 bits per heavy atom. The van der Waals surface area contributed by atoms with E-state index in [2.05, 4.69) is 10.4 Å². The first kappa shape index (κ1) is 15.7. The molecule has 1 aromatic heterocycles. The molecule has 122 valence electrons. The fourth-order valence-corrected chi connectivity index (χ4v) is 4.57. The number of hydrogen-bond donors (Lipinski definition) is 1. The Kier molecular flexibility index (Phi) is 4.47. The Hall–Kier alpha value is -2.15. The maximum Gasteiger partial charge on any atom is 0.241 e. The molecule has 1 fully saturated rings. The first-order chi connectivity index (χ1) is 11.0. The normalized spacial score (nSPS) is 19.6. The zero-order chi connectivity index (χ0) is 16.3. The summed E-state index contributed by atoms with van der Waals surface area (Å²) in [6.45, 7) is 0.539. The monoisotopic (exact) mass is 333 g/mol. The Labute approximate surface area is 135 Å². The molecule has 1 saturated heterocycles. The first-order valence-electron chi connectivity index (χ1n) is 7.58. The molecule has 7 heteroatoms. The predicted molar refractivity (Wildman–Crippen MR) is 87.4 cm³/mol. The highest BCUT2D eigenvalue weighted by molar-refractivity contribution is 7.91. The molecule has 0 spiro atoms. The Morgan fingerprint density at radius 3 is 2.74 bits per heavy atom. The molecule has 0 radical (unpaired) electrons. The van der Waals surface area contributed by atoms with Crippen molar-refractivity contribution in [3.63, 3.8) is 0 Å². The van der Waals surface area contributed by atoms with E-state index in [0.29, 0.717) is 13.0 Å². The van der Waals surface area contributed by atoms with Crippen LogP contribution in [0.2, 0.25) is 0 Å². The minimum atomic E-state index is -2.90. The molecule has 1 aliphatic heterocycles. The summed E-state index contributed by atoms with van der Waals surface area (Å²) >= 11 is 0. The van der Waals surface area contributed by atoms with Gasteiger partial charge in [-0.2, -0.15) is 5.10 Å². The van der Waals surface area contributed by atoms with E-state index in [1.54, 1.807) is 10.9 Å². The van der Waals surface area contributed by atoms with Gasteiger partial charge in [0.15, 0.2) is 9.84 Å². The number of nitrogens with one attached hydrogen (secondary N) is 1. The van der Waals surface area contributed by atoms with E-state index in [1.807, 2.05) is 36.4 Å². The summed E-state index contributed by atoms with van der Waals surface area (Å²) in [5, 5.41) is 7.18. The third-order valence-corrected chi connectivity index (χ3v) is 5.77. The van der Waals surface area contributed by atoms with Gasteiger partial charge in [0.1, 0.15) is 6.54 Å². The number of hydrogen-bond acceptors (Lipinski definition) is 4. The molecule has 0 saturated carbocycles. The van der Waals surface area contributed by atoms with Gasteiger partial charge in [-0.05, 0) is 18.4 Å². The topological polar surface area (TPSA) is 81.1 Å². The predicted octanol–water partition coefficient (Wildman–Crippen LogP) is 1.10. The third kappa shape index (κ3) is 4.19. The quantitative estimate of drug-likeness (QED) is 0.888. The summed E-state index contributed by atoms with van der Waals surface area (Å²) in [7, 11) is -2.90. The van der Waals surface area contributed by atoms with Crippen molar-refractivity contribution in [2.75, 3.05) is 18.1 Å². The summed E-state index contributed by atoms with van der Waals surface area (Å²) < 4.78 is 24.4. The molecular weight excluding hydrogens is 314 g/mol. The number of nitrogens with zero attached hydrogens (tertiary/aromatic N) is 2. The fraction of sp³-hybridized carbons (Fsp3) is 0.375. The number of carbonyl (C=O) groups is 1. The number of aromatic nitrogens is 2. The summed E-state index contributed by atoms with van der Waals surface area (Å²) in [4.78, 5) is 12.0. The minimum absolute atomic E-state index is 0.0291. The lowest BCUT2D eigenvalue weighted by atomic mass is 10.1. The van der Waals surface area contributed by atoms with Gasteiger partial charge in [-0.15, -0.1) is 0 Å².